The molecule has 30 heavy (non-hydrogen) atoms. The zero-order chi connectivity index (χ0) is 22.6. The van der Waals surface area contributed by atoms with Gasteiger partial charge in [-0.2, -0.15) is 0 Å². The van der Waals surface area contributed by atoms with Crippen molar-refractivity contribution in [3.8, 4) is 11.6 Å². The highest BCUT2D eigenvalue weighted by Gasteiger charge is 2.52. The number of halogens is 2. The SMILES string of the molecule is Cc1c(B2OC(C)(C)C(C)(C)O2)cc(Cl)c(Oc2cc(C(C)C)c(=O)n(C)n2)c1Cl. The molecule has 0 atom stereocenters. The quantitative estimate of drug-likeness (QED) is 0.633. The number of rotatable bonds is 4. The molecule has 3 rings (SSSR count). The third kappa shape index (κ3) is 4.00. The Morgan fingerprint density at radius 1 is 1.13 bits per heavy atom. The van der Waals surface area contributed by atoms with Crippen LogP contribution in [0.4, 0.5) is 0 Å². The molecular weight excluding hydrogens is 426 g/mol. The topological polar surface area (TPSA) is 62.6 Å². The fraction of sp³-hybridized carbons (Fsp3) is 0.524. The molecule has 162 valence electrons. The molecule has 1 aromatic heterocycles. The van der Waals surface area contributed by atoms with E-state index in [2.05, 4.69) is 5.10 Å². The highest BCUT2D eigenvalue weighted by molar-refractivity contribution is 6.63. The fourth-order valence-electron chi connectivity index (χ4n) is 3.19. The first-order valence-corrected chi connectivity index (χ1v) is 10.6. The van der Waals surface area contributed by atoms with Crippen molar-refractivity contribution < 1.29 is 14.0 Å². The molecule has 0 spiro atoms. The molecule has 0 radical (unpaired) electrons. The molecule has 1 fully saturated rings. The normalized spacial score (nSPS) is 17.6. The second-order valence-corrected chi connectivity index (χ2v) is 9.71. The summed E-state index contributed by atoms with van der Waals surface area (Å²) in [6, 6.07) is 3.36. The largest absolute Gasteiger partial charge is 0.495 e. The van der Waals surface area contributed by atoms with Gasteiger partial charge in [-0.25, -0.2) is 4.68 Å². The summed E-state index contributed by atoms with van der Waals surface area (Å²) in [5.41, 5.74) is 0.951. The van der Waals surface area contributed by atoms with Gasteiger partial charge in [-0.3, -0.25) is 4.79 Å². The Bertz CT molecular complexity index is 1030. The van der Waals surface area contributed by atoms with Gasteiger partial charge in [0.05, 0.1) is 21.2 Å². The van der Waals surface area contributed by atoms with Crippen molar-refractivity contribution in [3.05, 3.63) is 43.7 Å². The van der Waals surface area contributed by atoms with Crippen LogP contribution in [0, 0.1) is 6.92 Å². The lowest BCUT2D eigenvalue weighted by atomic mass is 9.76. The van der Waals surface area contributed by atoms with Gasteiger partial charge in [0.25, 0.3) is 5.56 Å². The predicted molar refractivity (Wildman–Crippen MR) is 121 cm³/mol. The van der Waals surface area contributed by atoms with Gasteiger partial charge in [-0.1, -0.05) is 37.0 Å². The first-order valence-electron chi connectivity index (χ1n) is 9.85. The molecule has 6 nitrogen and oxygen atoms in total. The van der Waals surface area contributed by atoms with Crippen LogP contribution < -0.4 is 15.8 Å². The summed E-state index contributed by atoms with van der Waals surface area (Å²) in [7, 11) is 0.985. The molecule has 0 unspecified atom stereocenters. The number of benzene rings is 1. The van der Waals surface area contributed by atoms with Crippen LogP contribution in [0.5, 0.6) is 11.6 Å². The van der Waals surface area contributed by atoms with Crippen molar-refractivity contribution in [2.45, 2.75) is 65.6 Å². The van der Waals surface area contributed by atoms with Crippen molar-refractivity contribution >= 4 is 35.8 Å². The lowest BCUT2D eigenvalue weighted by molar-refractivity contribution is 0.00578. The lowest BCUT2D eigenvalue weighted by Crippen LogP contribution is -2.41. The minimum Gasteiger partial charge on any atom is -0.434 e. The zero-order valence-electron chi connectivity index (χ0n) is 18.6. The summed E-state index contributed by atoms with van der Waals surface area (Å²) < 4.78 is 19.5. The molecule has 1 aliphatic heterocycles. The average molecular weight is 453 g/mol. The fourth-order valence-corrected chi connectivity index (χ4v) is 3.74. The Morgan fingerprint density at radius 2 is 1.70 bits per heavy atom. The number of nitrogens with zero attached hydrogens (tertiary/aromatic N) is 2. The second-order valence-electron chi connectivity index (χ2n) is 8.93. The highest BCUT2D eigenvalue weighted by Crippen LogP contribution is 2.40. The smallest absolute Gasteiger partial charge is 0.434 e. The Balaban J connectivity index is 2.00. The van der Waals surface area contributed by atoms with Gasteiger partial charge in [0.1, 0.15) is 0 Å². The van der Waals surface area contributed by atoms with Crippen LogP contribution in [-0.4, -0.2) is 28.1 Å². The van der Waals surface area contributed by atoms with Crippen molar-refractivity contribution in [3.63, 3.8) is 0 Å². The number of ether oxygens (including phenoxy) is 1. The van der Waals surface area contributed by atoms with E-state index in [0.29, 0.717) is 15.6 Å². The number of aromatic nitrogens is 2. The third-order valence-electron chi connectivity index (χ3n) is 5.86. The van der Waals surface area contributed by atoms with Crippen molar-refractivity contribution in [2.24, 2.45) is 7.05 Å². The summed E-state index contributed by atoms with van der Waals surface area (Å²) in [6.45, 7) is 13.7. The summed E-state index contributed by atoms with van der Waals surface area (Å²) in [6.07, 6.45) is 0. The standard InChI is InChI=1S/C21H27BCl2N2O4/c1-11(2)13-9-16(25-26(8)19(13)27)28-18-15(23)10-14(12(3)17(18)24)22-29-20(4,5)21(6,7)30-22/h9-11H,1-8H3. The number of aryl methyl sites for hydroxylation is 1. The van der Waals surface area contributed by atoms with Crippen molar-refractivity contribution in [2.75, 3.05) is 0 Å². The Hall–Kier alpha value is -1.54. The lowest BCUT2D eigenvalue weighted by Gasteiger charge is -2.32. The van der Waals surface area contributed by atoms with Gasteiger partial charge in [0.15, 0.2) is 5.75 Å². The molecule has 0 bridgehead atoms. The van der Waals surface area contributed by atoms with Crippen LogP contribution >= 0.6 is 23.2 Å². The minimum absolute atomic E-state index is 0.0208. The zero-order valence-corrected chi connectivity index (χ0v) is 20.1. The van der Waals surface area contributed by atoms with E-state index in [1.165, 1.54) is 4.68 Å². The molecule has 0 saturated carbocycles. The van der Waals surface area contributed by atoms with Gasteiger partial charge >= 0.3 is 7.12 Å². The Labute approximate surface area is 187 Å². The van der Waals surface area contributed by atoms with E-state index < -0.39 is 18.3 Å². The third-order valence-corrected chi connectivity index (χ3v) is 6.60. The van der Waals surface area contributed by atoms with E-state index >= 15 is 0 Å². The van der Waals surface area contributed by atoms with E-state index in [9.17, 15) is 4.79 Å². The van der Waals surface area contributed by atoms with E-state index in [4.69, 9.17) is 37.2 Å². The van der Waals surface area contributed by atoms with Crippen LogP contribution in [0.15, 0.2) is 16.9 Å². The summed E-state index contributed by atoms with van der Waals surface area (Å²) in [5, 5.41) is 4.82. The molecule has 1 aromatic carbocycles. The second kappa shape index (κ2) is 7.86. The summed E-state index contributed by atoms with van der Waals surface area (Å²) >= 11 is 13.2. The predicted octanol–water partition coefficient (Wildman–Crippen LogP) is 4.61. The van der Waals surface area contributed by atoms with Crippen LogP contribution in [0.2, 0.25) is 10.0 Å². The van der Waals surface area contributed by atoms with E-state index in [0.717, 1.165) is 11.0 Å². The maximum absolute atomic E-state index is 12.3. The summed E-state index contributed by atoms with van der Waals surface area (Å²) in [5.74, 6) is 0.539. The maximum Gasteiger partial charge on any atom is 0.495 e. The average Bonchev–Trinajstić information content (AvgIpc) is 2.84. The molecule has 0 N–H and O–H groups in total. The van der Waals surface area contributed by atoms with Crippen LogP contribution in [-0.2, 0) is 16.4 Å². The maximum atomic E-state index is 12.3. The van der Waals surface area contributed by atoms with E-state index in [1.54, 1.807) is 19.2 Å². The van der Waals surface area contributed by atoms with Crippen LogP contribution in [0.1, 0.15) is 58.6 Å². The van der Waals surface area contributed by atoms with Crippen molar-refractivity contribution in [1.29, 1.82) is 0 Å². The highest BCUT2D eigenvalue weighted by atomic mass is 35.5. The number of hydrogen-bond donors (Lipinski definition) is 0. The van der Waals surface area contributed by atoms with E-state index in [1.807, 2.05) is 48.5 Å². The molecule has 1 saturated heterocycles. The minimum atomic E-state index is -0.595. The van der Waals surface area contributed by atoms with Gasteiger partial charge in [-0.15, -0.1) is 5.10 Å². The molecule has 2 heterocycles. The van der Waals surface area contributed by atoms with Gasteiger partial charge in [-0.05, 0) is 57.6 Å². The molecule has 0 aliphatic carbocycles. The van der Waals surface area contributed by atoms with Crippen molar-refractivity contribution in [1.82, 2.24) is 9.78 Å². The Kier molecular flexibility index (Phi) is 6.06. The van der Waals surface area contributed by atoms with E-state index in [-0.39, 0.29) is 23.1 Å². The van der Waals surface area contributed by atoms with Gasteiger partial charge in [0, 0.05) is 18.7 Å². The van der Waals surface area contributed by atoms with Gasteiger partial charge < -0.3 is 14.0 Å². The molecular formula is C21H27BCl2N2O4. The Morgan fingerprint density at radius 3 is 2.23 bits per heavy atom. The monoisotopic (exact) mass is 452 g/mol. The molecule has 0 amide bonds. The first kappa shape index (κ1) is 23.1. The van der Waals surface area contributed by atoms with Gasteiger partial charge in [0.2, 0.25) is 5.88 Å². The van der Waals surface area contributed by atoms with Crippen LogP contribution in [0.3, 0.4) is 0 Å². The summed E-state index contributed by atoms with van der Waals surface area (Å²) in [4.78, 5) is 12.3. The first-order chi connectivity index (χ1) is 13.7. The molecule has 2 aromatic rings. The number of hydrogen-bond acceptors (Lipinski definition) is 5. The van der Waals surface area contributed by atoms with Crippen LogP contribution in [0.25, 0.3) is 0 Å². The molecule has 1 aliphatic rings. The molecule has 9 heteroatoms.